The van der Waals surface area contributed by atoms with Crippen molar-refractivity contribution in [3.05, 3.63) is 35.5 Å². The van der Waals surface area contributed by atoms with Crippen molar-refractivity contribution in [2.75, 3.05) is 0 Å². The Hall–Kier alpha value is -0.780. The molecule has 0 heteroatoms. The van der Waals surface area contributed by atoms with Crippen molar-refractivity contribution in [3.63, 3.8) is 0 Å². The lowest BCUT2D eigenvalue weighted by Gasteiger charge is -2.32. The second-order valence-electron chi connectivity index (χ2n) is 5.11. The Morgan fingerprint density at radius 1 is 1.43 bits per heavy atom. The highest BCUT2D eigenvalue weighted by atomic mass is 14.3. The average Bonchev–Trinajstić information content (AvgIpc) is 2.01. The molecule has 0 nitrogen and oxygen atoms in total. The molecule has 0 N–H and O–H groups in total. The van der Waals surface area contributed by atoms with Crippen molar-refractivity contribution in [2.24, 2.45) is 5.41 Å². The molecular formula is C14H22. The van der Waals surface area contributed by atoms with Gasteiger partial charge in [0.15, 0.2) is 0 Å². The predicted molar refractivity (Wildman–Crippen MR) is 64.3 cm³/mol. The standard InChI is InChI=1S/C14H22/c1-11(2)8-9-13-12(3)7-6-10-14(13,4)5/h8-9H,1,6-7,10H2,2-5H3/b9-8+. The van der Waals surface area contributed by atoms with Gasteiger partial charge in [-0.05, 0) is 44.1 Å². The first-order chi connectivity index (χ1) is 6.43. The van der Waals surface area contributed by atoms with Crippen LogP contribution in [0.1, 0.15) is 47.0 Å². The first kappa shape index (κ1) is 11.3. The van der Waals surface area contributed by atoms with Crippen LogP contribution in [-0.4, -0.2) is 0 Å². The highest BCUT2D eigenvalue weighted by Crippen LogP contribution is 2.40. The lowest BCUT2D eigenvalue weighted by atomic mass is 9.72. The summed E-state index contributed by atoms with van der Waals surface area (Å²) in [5.74, 6) is 0. The predicted octanol–water partition coefficient (Wildman–Crippen LogP) is 4.65. The molecule has 0 aromatic carbocycles. The van der Waals surface area contributed by atoms with E-state index in [1.54, 1.807) is 5.57 Å². The van der Waals surface area contributed by atoms with Crippen molar-refractivity contribution in [2.45, 2.75) is 47.0 Å². The number of rotatable bonds is 2. The fourth-order valence-electron chi connectivity index (χ4n) is 2.24. The van der Waals surface area contributed by atoms with Gasteiger partial charge in [0.25, 0.3) is 0 Å². The van der Waals surface area contributed by atoms with Crippen molar-refractivity contribution >= 4 is 0 Å². The van der Waals surface area contributed by atoms with Gasteiger partial charge < -0.3 is 0 Å². The Balaban J connectivity index is 2.96. The summed E-state index contributed by atoms with van der Waals surface area (Å²) in [5.41, 5.74) is 4.56. The topological polar surface area (TPSA) is 0 Å². The molecule has 0 fully saturated rings. The van der Waals surface area contributed by atoms with Gasteiger partial charge in [-0.2, -0.15) is 0 Å². The minimum absolute atomic E-state index is 0.355. The van der Waals surface area contributed by atoms with Crippen molar-refractivity contribution in [1.82, 2.24) is 0 Å². The summed E-state index contributed by atoms with van der Waals surface area (Å²) in [6.07, 6.45) is 8.30. The zero-order chi connectivity index (χ0) is 10.8. The molecule has 0 spiro atoms. The van der Waals surface area contributed by atoms with Crippen LogP contribution in [0.4, 0.5) is 0 Å². The van der Waals surface area contributed by atoms with E-state index in [-0.39, 0.29) is 0 Å². The van der Waals surface area contributed by atoms with Crippen LogP contribution in [0.5, 0.6) is 0 Å². The van der Waals surface area contributed by atoms with Gasteiger partial charge in [-0.1, -0.05) is 43.7 Å². The van der Waals surface area contributed by atoms with E-state index in [9.17, 15) is 0 Å². The SMILES string of the molecule is C=C(C)/C=C/C1=C(C)CCCC1(C)C. The fraction of sp³-hybridized carbons (Fsp3) is 0.571. The third kappa shape index (κ3) is 2.60. The van der Waals surface area contributed by atoms with Crippen molar-refractivity contribution in [1.29, 1.82) is 0 Å². The lowest BCUT2D eigenvalue weighted by Crippen LogP contribution is -2.19. The van der Waals surface area contributed by atoms with Crippen LogP contribution in [-0.2, 0) is 0 Å². The molecule has 0 saturated carbocycles. The molecule has 0 unspecified atom stereocenters. The minimum Gasteiger partial charge on any atom is -0.0961 e. The van der Waals surface area contributed by atoms with E-state index in [4.69, 9.17) is 0 Å². The molecule has 1 aliphatic carbocycles. The number of allylic oxidation sites excluding steroid dienone is 5. The zero-order valence-corrected chi connectivity index (χ0v) is 9.98. The normalized spacial score (nSPS) is 21.7. The third-order valence-electron chi connectivity index (χ3n) is 3.08. The molecule has 0 bridgehead atoms. The van der Waals surface area contributed by atoms with Gasteiger partial charge in [-0.15, -0.1) is 0 Å². The van der Waals surface area contributed by atoms with Gasteiger partial charge in [0.2, 0.25) is 0 Å². The molecule has 0 amide bonds. The van der Waals surface area contributed by atoms with E-state index in [0.717, 1.165) is 5.57 Å². The summed E-state index contributed by atoms with van der Waals surface area (Å²) >= 11 is 0. The van der Waals surface area contributed by atoms with E-state index in [1.807, 2.05) is 6.92 Å². The molecule has 0 aromatic heterocycles. The molecule has 0 aliphatic heterocycles. The van der Waals surface area contributed by atoms with Gasteiger partial charge in [-0.25, -0.2) is 0 Å². The van der Waals surface area contributed by atoms with E-state index in [1.165, 1.54) is 24.8 Å². The van der Waals surface area contributed by atoms with E-state index >= 15 is 0 Å². The Kier molecular flexibility index (Phi) is 3.36. The van der Waals surface area contributed by atoms with Crippen molar-refractivity contribution < 1.29 is 0 Å². The zero-order valence-electron chi connectivity index (χ0n) is 9.98. The third-order valence-corrected chi connectivity index (χ3v) is 3.08. The molecule has 0 aromatic rings. The van der Waals surface area contributed by atoms with Crippen LogP contribution in [0.3, 0.4) is 0 Å². The molecule has 0 atom stereocenters. The van der Waals surface area contributed by atoms with Gasteiger partial charge in [0.05, 0.1) is 0 Å². The molecule has 0 saturated heterocycles. The monoisotopic (exact) mass is 190 g/mol. The molecule has 1 rings (SSSR count). The minimum atomic E-state index is 0.355. The van der Waals surface area contributed by atoms with Crippen LogP contribution < -0.4 is 0 Å². The quantitative estimate of drug-likeness (QED) is 0.556. The summed E-state index contributed by atoms with van der Waals surface area (Å²) in [4.78, 5) is 0. The number of hydrogen-bond acceptors (Lipinski definition) is 0. The van der Waals surface area contributed by atoms with Gasteiger partial charge in [0.1, 0.15) is 0 Å². The lowest BCUT2D eigenvalue weighted by molar-refractivity contribution is 0.377. The Morgan fingerprint density at radius 3 is 2.57 bits per heavy atom. The maximum absolute atomic E-state index is 3.90. The largest absolute Gasteiger partial charge is 0.0961 e. The molecule has 1 aliphatic rings. The second-order valence-corrected chi connectivity index (χ2v) is 5.11. The Labute approximate surface area is 88.4 Å². The molecule has 78 valence electrons. The Bertz CT molecular complexity index is 287. The highest BCUT2D eigenvalue weighted by molar-refractivity contribution is 5.35. The van der Waals surface area contributed by atoms with E-state index in [0.29, 0.717) is 5.41 Å². The maximum Gasteiger partial charge on any atom is -0.0104 e. The summed E-state index contributed by atoms with van der Waals surface area (Å²) in [7, 11) is 0. The second kappa shape index (κ2) is 4.16. The summed E-state index contributed by atoms with van der Waals surface area (Å²) in [5, 5.41) is 0. The van der Waals surface area contributed by atoms with Crippen LogP contribution in [0.15, 0.2) is 35.5 Å². The molecular weight excluding hydrogens is 168 g/mol. The maximum atomic E-state index is 3.90. The first-order valence-corrected chi connectivity index (χ1v) is 5.47. The summed E-state index contributed by atoms with van der Waals surface area (Å²) in [6, 6.07) is 0. The Morgan fingerprint density at radius 2 is 2.07 bits per heavy atom. The van der Waals surface area contributed by atoms with Gasteiger partial charge >= 0.3 is 0 Å². The van der Waals surface area contributed by atoms with Crippen LogP contribution >= 0.6 is 0 Å². The highest BCUT2D eigenvalue weighted by Gasteiger charge is 2.26. The van der Waals surface area contributed by atoms with Crippen LogP contribution in [0, 0.1) is 5.41 Å². The van der Waals surface area contributed by atoms with Crippen LogP contribution in [0.25, 0.3) is 0 Å². The van der Waals surface area contributed by atoms with Crippen molar-refractivity contribution in [3.8, 4) is 0 Å². The van der Waals surface area contributed by atoms with Gasteiger partial charge in [0, 0.05) is 0 Å². The van der Waals surface area contributed by atoms with E-state index in [2.05, 4.69) is 39.5 Å². The number of hydrogen-bond donors (Lipinski definition) is 0. The van der Waals surface area contributed by atoms with E-state index < -0.39 is 0 Å². The summed E-state index contributed by atoms with van der Waals surface area (Å²) < 4.78 is 0. The smallest absolute Gasteiger partial charge is 0.0104 e. The van der Waals surface area contributed by atoms with Crippen LogP contribution in [0.2, 0.25) is 0 Å². The first-order valence-electron chi connectivity index (χ1n) is 5.47. The average molecular weight is 190 g/mol. The van der Waals surface area contributed by atoms with Gasteiger partial charge in [-0.3, -0.25) is 0 Å². The summed E-state index contributed by atoms with van der Waals surface area (Å²) in [6.45, 7) is 12.9. The molecule has 0 radical (unpaired) electrons. The fourth-order valence-corrected chi connectivity index (χ4v) is 2.24. The molecule has 14 heavy (non-hydrogen) atoms. The molecule has 0 heterocycles.